The lowest BCUT2D eigenvalue weighted by Gasteiger charge is -2.15. The summed E-state index contributed by atoms with van der Waals surface area (Å²) < 4.78 is 1.89. The van der Waals surface area contributed by atoms with Gasteiger partial charge in [-0.15, -0.1) is 0 Å². The fourth-order valence-electron chi connectivity index (χ4n) is 3.39. The molecule has 2 N–H and O–H groups in total. The van der Waals surface area contributed by atoms with Gasteiger partial charge in [0, 0.05) is 18.7 Å². The summed E-state index contributed by atoms with van der Waals surface area (Å²) >= 11 is 0. The molecule has 6 heteroatoms. The zero-order valence-electron chi connectivity index (χ0n) is 13.8. The Balaban J connectivity index is 1.47. The molecule has 2 atom stereocenters. The number of aromatic nitrogens is 3. The number of aliphatic hydroxyl groups excluding tert-OH is 1. The van der Waals surface area contributed by atoms with E-state index in [2.05, 4.69) is 15.3 Å². The van der Waals surface area contributed by atoms with E-state index in [0.717, 1.165) is 36.1 Å². The van der Waals surface area contributed by atoms with Gasteiger partial charge in [0.2, 0.25) is 0 Å². The first kappa shape index (κ1) is 15.8. The monoisotopic (exact) mass is 336 g/mol. The van der Waals surface area contributed by atoms with Crippen LogP contribution in [0.25, 0.3) is 16.9 Å². The van der Waals surface area contributed by atoms with Crippen molar-refractivity contribution < 1.29 is 9.90 Å². The number of nitrogens with zero attached hydrogens (tertiary/aromatic N) is 3. The average Bonchev–Trinajstić information content (AvgIpc) is 3.26. The van der Waals surface area contributed by atoms with E-state index in [9.17, 15) is 9.90 Å². The largest absolute Gasteiger partial charge is 0.393 e. The molecule has 6 nitrogen and oxygen atoms in total. The number of rotatable bonds is 4. The van der Waals surface area contributed by atoms with Gasteiger partial charge in [0.05, 0.1) is 22.7 Å². The first-order valence-electron chi connectivity index (χ1n) is 8.57. The Morgan fingerprint density at radius 2 is 2.08 bits per heavy atom. The van der Waals surface area contributed by atoms with Crippen LogP contribution in [0.15, 0.2) is 48.9 Å². The molecule has 4 rings (SSSR count). The SMILES string of the molecule is O=C(NCC1CCCC1O)c1ccc(-n2cnc3ccccc32)nc1. The van der Waals surface area contributed by atoms with Crippen LogP contribution in [0.1, 0.15) is 29.6 Å². The quantitative estimate of drug-likeness (QED) is 0.766. The molecule has 2 aromatic heterocycles. The summed E-state index contributed by atoms with van der Waals surface area (Å²) in [6, 6.07) is 11.4. The van der Waals surface area contributed by atoms with Crippen LogP contribution < -0.4 is 5.32 Å². The van der Waals surface area contributed by atoms with Crippen molar-refractivity contribution in [2.75, 3.05) is 6.54 Å². The van der Waals surface area contributed by atoms with Gasteiger partial charge in [0.25, 0.3) is 5.91 Å². The first-order valence-corrected chi connectivity index (χ1v) is 8.57. The summed E-state index contributed by atoms with van der Waals surface area (Å²) in [5.41, 5.74) is 2.39. The summed E-state index contributed by atoms with van der Waals surface area (Å²) in [6.45, 7) is 0.508. The zero-order valence-corrected chi connectivity index (χ0v) is 13.8. The molecule has 0 spiro atoms. The van der Waals surface area contributed by atoms with E-state index < -0.39 is 0 Å². The van der Waals surface area contributed by atoms with Gasteiger partial charge < -0.3 is 10.4 Å². The van der Waals surface area contributed by atoms with Gasteiger partial charge in [0.15, 0.2) is 0 Å². The van der Waals surface area contributed by atoms with E-state index >= 15 is 0 Å². The molecule has 1 fully saturated rings. The van der Waals surface area contributed by atoms with Crippen molar-refractivity contribution in [1.82, 2.24) is 19.9 Å². The van der Waals surface area contributed by atoms with Gasteiger partial charge in [-0.05, 0) is 37.1 Å². The Bertz CT molecular complexity index is 888. The number of amides is 1. The van der Waals surface area contributed by atoms with Crippen LogP contribution in [0.4, 0.5) is 0 Å². The molecule has 0 saturated heterocycles. The molecule has 25 heavy (non-hydrogen) atoms. The summed E-state index contributed by atoms with van der Waals surface area (Å²) in [5.74, 6) is 0.721. The zero-order chi connectivity index (χ0) is 17.2. The number of benzene rings is 1. The molecular formula is C19H20N4O2. The van der Waals surface area contributed by atoms with E-state index in [1.807, 2.05) is 34.9 Å². The number of pyridine rings is 1. The fourth-order valence-corrected chi connectivity index (χ4v) is 3.39. The van der Waals surface area contributed by atoms with Gasteiger partial charge in [-0.2, -0.15) is 0 Å². The highest BCUT2D eigenvalue weighted by molar-refractivity contribution is 5.94. The molecule has 1 aromatic carbocycles. The smallest absolute Gasteiger partial charge is 0.252 e. The predicted octanol–water partition coefficient (Wildman–Crippen LogP) is 2.31. The summed E-state index contributed by atoms with van der Waals surface area (Å²) in [7, 11) is 0. The van der Waals surface area contributed by atoms with Crippen molar-refractivity contribution in [2.24, 2.45) is 5.92 Å². The molecule has 0 bridgehead atoms. The summed E-state index contributed by atoms with van der Waals surface area (Å²) in [5, 5.41) is 12.7. The molecule has 1 saturated carbocycles. The average molecular weight is 336 g/mol. The van der Waals surface area contributed by atoms with Crippen LogP contribution >= 0.6 is 0 Å². The van der Waals surface area contributed by atoms with Crippen molar-refractivity contribution in [1.29, 1.82) is 0 Å². The lowest BCUT2D eigenvalue weighted by molar-refractivity contribution is 0.0916. The Hall–Kier alpha value is -2.73. The highest BCUT2D eigenvalue weighted by Gasteiger charge is 2.25. The number of para-hydroxylation sites is 2. The Labute approximate surface area is 145 Å². The molecule has 3 aromatic rings. The van der Waals surface area contributed by atoms with Crippen molar-refractivity contribution in [2.45, 2.75) is 25.4 Å². The maximum atomic E-state index is 12.3. The maximum absolute atomic E-state index is 12.3. The molecule has 1 amide bonds. The number of carbonyl (C=O) groups is 1. The Kier molecular flexibility index (Phi) is 4.19. The van der Waals surface area contributed by atoms with Crippen LogP contribution in [0.3, 0.4) is 0 Å². The second-order valence-electron chi connectivity index (χ2n) is 6.48. The fraction of sp³-hybridized carbons (Fsp3) is 0.316. The lowest BCUT2D eigenvalue weighted by Crippen LogP contribution is -2.32. The van der Waals surface area contributed by atoms with E-state index in [-0.39, 0.29) is 17.9 Å². The third-order valence-electron chi connectivity index (χ3n) is 4.85. The van der Waals surface area contributed by atoms with E-state index in [1.165, 1.54) is 0 Å². The van der Waals surface area contributed by atoms with E-state index in [0.29, 0.717) is 12.1 Å². The lowest BCUT2D eigenvalue weighted by atomic mass is 10.1. The van der Waals surface area contributed by atoms with Gasteiger partial charge >= 0.3 is 0 Å². The van der Waals surface area contributed by atoms with E-state index in [4.69, 9.17) is 0 Å². The molecule has 1 aliphatic rings. The van der Waals surface area contributed by atoms with Gasteiger partial charge in [-0.3, -0.25) is 9.36 Å². The highest BCUT2D eigenvalue weighted by Crippen LogP contribution is 2.24. The number of carbonyl (C=O) groups excluding carboxylic acids is 1. The Morgan fingerprint density at radius 3 is 2.84 bits per heavy atom. The molecule has 0 radical (unpaired) electrons. The highest BCUT2D eigenvalue weighted by atomic mass is 16.3. The molecule has 1 aliphatic carbocycles. The number of hydrogen-bond acceptors (Lipinski definition) is 4. The van der Waals surface area contributed by atoms with Crippen molar-refractivity contribution in [3.8, 4) is 5.82 Å². The number of imidazole rings is 1. The molecule has 0 aliphatic heterocycles. The maximum Gasteiger partial charge on any atom is 0.252 e. The van der Waals surface area contributed by atoms with Gasteiger partial charge in [0.1, 0.15) is 12.1 Å². The topological polar surface area (TPSA) is 80.0 Å². The molecule has 128 valence electrons. The molecular weight excluding hydrogens is 316 g/mol. The number of hydrogen-bond donors (Lipinski definition) is 2. The molecule has 2 unspecified atom stereocenters. The summed E-state index contributed by atoms with van der Waals surface area (Å²) in [4.78, 5) is 21.0. The van der Waals surface area contributed by atoms with Crippen molar-refractivity contribution >= 4 is 16.9 Å². The molecule has 2 heterocycles. The van der Waals surface area contributed by atoms with Crippen LogP contribution in [-0.2, 0) is 0 Å². The summed E-state index contributed by atoms with van der Waals surface area (Å²) in [6.07, 6.45) is 5.83. The Morgan fingerprint density at radius 1 is 1.20 bits per heavy atom. The van der Waals surface area contributed by atoms with Crippen LogP contribution in [0, 0.1) is 5.92 Å². The predicted molar refractivity (Wildman–Crippen MR) is 94.5 cm³/mol. The second-order valence-corrected chi connectivity index (χ2v) is 6.48. The van der Waals surface area contributed by atoms with Crippen LogP contribution in [0.5, 0.6) is 0 Å². The van der Waals surface area contributed by atoms with E-state index in [1.54, 1.807) is 18.6 Å². The van der Waals surface area contributed by atoms with Crippen LogP contribution in [0.2, 0.25) is 0 Å². The normalized spacial score (nSPS) is 20.0. The second kappa shape index (κ2) is 6.64. The minimum absolute atomic E-state index is 0.159. The van der Waals surface area contributed by atoms with Crippen LogP contribution in [-0.4, -0.2) is 38.2 Å². The minimum atomic E-state index is -0.296. The number of fused-ring (bicyclic) bond motifs is 1. The van der Waals surface area contributed by atoms with Crippen molar-refractivity contribution in [3.05, 3.63) is 54.5 Å². The van der Waals surface area contributed by atoms with Gasteiger partial charge in [-0.1, -0.05) is 18.6 Å². The van der Waals surface area contributed by atoms with Crippen molar-refractivity contribution in [3.63, 3.8) is 0 Å². The minimum Gasteiger partial charge on any atom is -0.393 e. The standard InChI is InChI=1S/C19H20N4O2/c24-17-7-3-4-13(17)10-21-19(25)14-8-9-18(20-11-14)23-12-22-15-5-1-2-6-16(15)23/h1-2,5-6,8-9,11-13,17,24H,3-4,7,10H2,(H,21,25). The number of aliphatic hydroxyl groups is 1. The third kappa shape index (κ3) is 3.13. The number of nitrogens with one attached hydrogen (secondary N) is 1. The van der Waals surface area contributed by atoms with Gasteiger partial charge in [-0.25, -0.2) is 9.97 Å². The third-order valence-corrected chi connectivity index (χ3v) is 4.85. The first-order chi connectivity index (χ1) is 12.2.